The van der Waals surface area contributed by atoms with Crippen molar-refractivity contribution in [3.63, 3.8) is 0 Å². The summed E-state index contributed by atoms with van der Waals surface area (Å²) in [5, 5.41) is 8.82. The Morgan fingerprint density at radius 1 is 1.14 bits per heavy atom. The molecule has 0 aliphatic rings. The summed E-state index contributed by atoms with van der Waals surface area (Å²) in [5.74, 6) is 0.619. The lowest BCUT2D eigenvalue weighted by molar-refractivity contribution is 0.414. The van der Waals surface area contributed by atoms with Crippen molar-refractivity contribution in [2.24, 2.45) is 7.05 Å². The van der Waals surface area contributed by atoms with Crippen LogP contribution in [-0.2, 0) is 7.05 Å². The maximum Gasteiger partial charge on any atom is 0.271 e. The van der Waals surface area contributed by atoms with E-state index in [0.717, 1.165) is 5.56 Å². The number of anilines is 1. The first-order valence-electron chi connectivity index (χ1n) is 8.53. The van der Waals surface area contributed by atoms with E-state index in [2.05, 4.69) is 20.2 Å². The summed E-state index contributed by atoms with van der Waals surface area (Å²) in [4.78, 5) is 21.2. The molecule has 0 fully saturated rings. The van der Waals surface area contributed by atoms with Crippen LogP contribution in [0, 0.1) is 0 Å². The molecule has 0 saturated carbocycles. The van der Waals surface area contributed by atoms with Gasteiger partial charge in [-0.05, 0) is 18.2 Å². The highest BCUT2D eigenvalue weighted by atomic mass is 35.5. The summed E-state index contributed by atoms with van der Waals surface area (Å²) < 4.78 is 8.06. The fourth-order valence-electron chi connectivity index (χ4n) is 2.81. The number of hydrogen-bond acceptors (Lipinski definition) is 7. The average Bonchev–Trinajstić information content (AvgIpc) is 3.16. The van der Waals surface area contributed by atoms with Crippen LogP contribution in [-0.4, -0.2) is 36.6 Å². The molecule has 9 nitrogen and oxygen atoms in total. The number of halogens is 1. The molecule has 4 rings (SSSR count). The number of aromatic nitrogens is 6. The van der Waals surface area contributed by atoms with Gasteiger partial charge in [-0.3, -0.25) is 9.48 Å². The predicted molar refractivity (Wildman–Crippen MR) is 109 cm³/mol. The molecule has 0 aliphatic heterocycles. The van der Waals surface area contributed by atoms with Crippen molar-refractivity contribution in [2.75, 3.05) is 12.8 Å². The van der Waals surface area contributed by atoms with Crippen LogP contribution in [0.15, 0.2) is 53.7 Å². The second kappa shape index (κ2) is 7.36. The van der Waals surface area contributed by atoms with Crippen LogP contribution >= 0.6 is 11.6 Å². The average molecular weight is 410 g/mol. The van der Waals surface area contributed by atoms with E-state index >= 15 is 0 Å². The number of aryl methyl sites for hydroxylation is 1. The Balaban J connectivity index is 1.86. The molecule has 0 radical (unpaired) electrons. The van der Waals surface area contributed by atoms with Crippen molar-refractivity contribution in [2.45, 2.75) is 0 Å². The number of benzene rings is 1. The third-order valence-electron chi connectivity index (χ3n) is 4.24. The minimum absolute atomic E-state index is 0.187. The highest BCUT2D eigenvalue weighted by Crippen LogP contribution is 2.30. The maximum absolute atomic E-state index is 12.5. The van der Waals surface area contributed by atoms with Crippen molar-refractivity contribution in [1.29, 1.82) is 0 Å². The van der Waals surface area contributed by atoms with E-state index in [-0.39, 0.29) is 16.4 Å². The molecule has 0 saturated heterocycles. The first-order chi connectivity index (χ1) is 14.0. The molecule has 0 aliphatic carbocycles. The van der Waals surface area contributed by atoms with Crippen LogP contribution in [0.25, 0.3) is 28.3 Å². The van der Waals surface area contributed by atoms with E-state index in [4.69, 9.17) is 22.1 Å². The van der Waals surface area contributed by atoms with E-state index in [9.17, 15) is 4.79 Å². The molecule has 2 N–H and O–H groups in total. The van der Waals surface area contributed by atoms with Crippen LogP contribution in [0.1, 0.15) is 0 Å². The van der Waals surface area contributed by atoms with Crippen LogP contribution in [0.3, 0.4) is 0 Å². The summed E-state index contributed by atoms with van der Waals surface area (Å²) in [7, 11) is 3.31. The van der Waals surface area contributed by atoms with Gasteiger partial charge in [0.15, 0.2) is 5.82 Å². The number of ether oxygens (including phenoxy) is 1. The Morgan fingerprint density at radius 3 is 2.69 bits per heavy atom. The van der Waals surface area contributed by atoms with Gasteiger partial charge >= 0.3 is 0 Å². The van der Waals surface area contributed by atoms with Gasteiger partial charge in [0, 0.05) is 24.9 Å². The van der Waals surface area contributed by atoms with E-state index < -0.39 is 0 Å². The van der Waals surface area contributed by atoms with E-state index in [1.54, 1.807) is 41.3 Å². The van der Waals surface area contributed by atoms with Crippen LogP contribution in [0.2, 0.25) is 5.02 Å². The molecule has 3 heterocycles. The van der Waals surface area contributed by atoms with Gasteiger partial charge in [0.25, 0.3) is 5.56 Å². The number of nitrogens with zero attached hydrogens (tertiary/aromatic N) is 6. The van der Waals surface area contributed by atoms with Crippen molar-refractivity contribution < 1.29 is 4.74 Å². The molecule has 0 bridgehead atoms. The van der Waals surface area contributed by atoms with Gasteiger partial charge < -0.3 is 10.5 Å². The van der Waals surface area contributed by atoms with Crippen LogP contribution in [0.4, 0.5) is 5.82 Å². The van der Waals surface area contributed by atoms with Crippen molar-refractivity contribution >= 4 is 17.4 Å². The molecule has 1 aromatic carbocycles. The topological polar surface area (TPSA) is 114 Å². The summed E-state index contributed by atoms with van der Waals surface area (Å²) in [6, 6.07) is 8.00. The third-order valence-corrected chi connectivity index (χ3v) is 4.62. The third kappa shape index (κ3) is 3.43. The molecule has 0 spiro atoms. The zero-order valence-corrected chi connectivity index (χ0v) is 16.3. The largest absolute Gasteiger partial charge is 0.495 e. The molecular formula is C19H16ClN7O2. The van der Waals surface area contributed by atoms with E-state index in [1.807, 2.05) is 13.2 Å². The Morgan fingerprint density at radius 2 is 1.97 bits per heavy atom. The predicted octanol–water partition coefficient (Wildman–Crippen LogP) is 2.33. The molecule has 146 valence electrons. The number of nitrogens with two attached hydrogens (primary N) is 1. The van der Waals surface area contributed by atoms with Gasteiger partial charge in [-0.2, -0.15) is 14.9 Å². The lowest BCUT2D eigenvalue weighted by Gasteiger charge is -2.11. The van der Waals surface area contributed by atoms with Gasteiger partial charge in [-0.15, -0.1) is 0 Å². The van der Waals surface area contributed by atoms with Gasteiger partial charge in [-0.25, -0.2) is 9.97 Å². The molecule has 0 atom stereocenters. The highest BCUT2D eigenvalue weighted by molar-refractivity contribution is 6.33. The van der Waals surface area contributed by atoms with Crippen molar-refractivity contribution in [1.82, 2.24) is 29.5 Å². The quantitative estimate of drug-likeness (QED) is 0.550. The number of nitrogen functional groups attached to an aromatic ring is 1. The van der Waals surface area contributed by atoms with Crippen LogP contribution < -0.4 is 16.0 Å². The SMILES string of the molecule is COc1cccc(-n2nc(-c3nc(-c4cnn(C)c4)cnc3N)ccc2=O)c1Cl. The molecule has 0 unspecified atom stereocenters. The zero-order chi connectivity index (χ0) is 20.5. The lowest BCUT2D eigenvalue weighted by atomic mass is 10.2. The summed E-state index contributed by atoms with van der Waals surface area (Å²) >= 11 is 6.37. The van der Waals surface area contributed by atoms with Crippen molar-refractivity contribution in [3.05, 3.63) is 64.3 Å². The first kappa shape index (κ1) is 18.6. The highest BCUT2D eigenvalue weighted by Gasteiger charge is 2.15. The summed E-state index contributed by atoms with van der Waals surface area (Å²) in [6.07, 6.45) is 5.05. The van der Waals surface area contributed by atoms with Gasteiger partial charge in [-0.1, -0.05) is 17.7 Å². The monoisotopic (exact) mass is 409 g/mol. The second-order valence-electron chi connectivity index (χ2n) is 6.15. The number of methoxy groups -OCH3 is 1. The van der Waals surface area contributed by atoms with Gasteiger partial charge in [0.1, 0.15) is 22.2 Å². The van der Waals surface area contributed by atoms with E-state index in [0.29, 0.717) is 28.5 Å². The van der Waals surface area contributed by atoms with Crippen LogP contribution in [0.5, 0.6) is 5.75 Å². The standard InChI is InChI=1S/C19H16ClN7O2/c1-26-10-11(8-23-26)13-9-22-19(21)18(24-13)12-6-7-16(28)27(25-12)14-4-3-5-15(29-2)17(14)20/h3-10H,1-2H3,(H2,21,22). The molecule has 29 heavy (non-hydrogen) atoms. The molecule has 3 aromatic heterocycles. The lowest BCUT2D eigenvalue weighted by Crippen LogP contribution is -2.21. The molecule has 0 amide bonds. The number of rotatable bonds is 4. The fraction of sp³-hybridized carbons (Fsp3) is 0.105. The fourth-order valence-corrected chi connectivity index (χ4v) is 3.09. The Bertz CT molecular complexity index is 1270. The van der Waals surface area contributed by atoms with Gasteiger partial charge in [0.05, 0.1) is 30.9 Å². The van der Waals surface area contributed by atoms with E-state index in [1.165, 1.54) is 17.9 Å². The van der Waals surface area contributed by atoms with Crippen molar-refractivity contribution in [3.8, 4) is 34.1 Å². The molecule has 10 heteroatoms. The second-order valence-corrected chi connectivity index (χ2v) is 6.53. The Labute approximate surface area is 170 Å². The minimum Gasteiger partial charge on any atom is -0.495 e. The number of hydrogen-bond donors (Lipinski definition) is 1. The summed E-state index contributed by atoms with van der Waals surface area (Å²) in [5.41, 5.74) is 8.15. The Kier molecular flexibility index (Phi) is 4.73. The minimum atomic E-state index is -0.362. The first-order valence-corrected chi connectivity index (χ1v) is 8.91. The zero-order valence-electron chi connectivity index (χ0n) is 15.6. The maximum atomic E-state index is 12.5. The Hall–Kier alpha value is -3.72. The molecular weight excluding hydrogens is 394 g/mol. The van der Waals surface area contributed by atoms with Gasteiger partial charge in [0.2, 0.25) is 0 Å². The smallest absolute Gasteiger partial charge is 0.271 e. The molecule has 4 aromatic rings. The summed E-state index contributed by atoms with van der Waals surface area (Å²) in [6.45, 7) is 0. The normalized spacial score (nSPS) is 10.9.